The zero-order valence-electron chi connectivity index (χ0n) is 8.26. The maximum absolute atomic E-state index is 11.7. The Balaban J connectivity index is 1.98. The minimum Gasteiger partial charge on any atom is -0.308 e. The molecule has 0 radical (unpaired) electrons. The van der Waals surface area contributed by atoms with Crippen LogP contribution in [0.1, 0.15) is 0 Å². The van der Waals surface area contributed by atoms with E-state index in [9.17, 15) is 4.79 Å². The summed E-state index contributed by atoms with van der Waals surface area (Å²) in [6, 6.07) is 9.31. The van der Waals surface area contributed by atoms with Crippen LogP contribution >= 0.6 is 0 Å². The van der Waals surface area contributed by atoms with Gasteiger partial charge in [0.15, 0.2) is 0 Å². The fourth-order valence-electron chi connectivity index (χ4n) is 1.33. The van der Waals surface area contributed by atoms with Crippen molar-refractivity contribution in [3.63, 3.8) is 0 Å². The van der Waals surface area contributed by atoms with Gasteiger partial charge >= 0.3 is 6.03 Å². The Kier molecular flexibility index (Phi) is 2.83. The topological polar surface area (TPSA) is 32.3 Å². The monoisotopic (exact) mass is 200 g/mol. The van der Waals surface area contributed by atoms with E-state index in [0.29, 0.717) is 6.54 Å². The van der Waals surface area contributed by atoms with Crippen LogP contribution in [-0.2, 0) is 0 Å². The zero-order valence-corrected chi connectivity index (χ0v) is 8.26. The molecule has 0 spiro atoms. The molecule has 1 aromatic rings. The summed E-state index contributed by atoms with van der Waals surface area (Å²) >= 11 is 0. The van der Waals surface area contributed by atoms with Crippen molar-refractivity contribution in [1.82, 2.24) is 4.90 Å². The molecule has 1 aliphatic rings. The molecule has 0 atom stereocenters. The predicted molar refractivity (Wildman–Crippen MR) is 60.4 cm³/mol. The molecule has 0 saturated carbocycles. The van der Waals surface area contributed by atoms with Gasteiger partial charge in [0, 0.05) is 18.4 Å². The lowest BCUT2D eigenvalue weighted by Gasteiger charge is -2.18. The summed E-state index contributed by atoms with van der Waals surface area (Å²) < 4.78 is 0. The Morgan fingerprint density at radius 1 is 1.20 bits per heavy atom. The van der Waals surface area contributed by atoms with Crippen molar-refractivity contribution in [1.29, 1.82) is 0 Å². The van der Waals surface area contributed by atoms with Gasteiger partial charge in [0.25, 0.3) is 0 Å². The third kappa shape index (κ3) is 2.47. The van der Waals surface area contributed by atoms with Crippen molar-refractivity contribution < 1.29 is 4.79 Å². The lowest BCUT2D eigenvalue weighted by atomic mass is 10.3. The number of nitrogens with zero attached hydrogens (tertiary/aromatic N) is 1. The molecule has 0 unspecified atom stereocenters. The lowest BCUT2D eigenvalue weighted by molar-refractivity contribution is 0.231. The second-order valence-corrected chi connectivity index (χ2v) is 3.22. The Hall–Kier alpha value is -2.03. The van der Waals surface area contributed by atoms with Gasteiger partial charge in [-0.1, -0.05) is 30.4 Å². The van der Waals surface area contributed by atoms with Crippen LogP contribution in [0.15, 0.2) is 54.8 Å². The van der Waals surface area contributed by atoms with Gasteiger partial charge < -0.3 is 5.32 Å². The summed E-state index contributed by atoms with van der Waals surface area (Å²) in [6.07, 6.45) is 7.46. The van der Waals surface area contributed by atoms with Gasteiger partial charge in [0.1, 0.15) is 0 Å². The van der Waals surface area contributed by atoms with Crippen LogP contribution in [0.2, 0.25) is 0 Å². The van der Waals surface area contributed by atoms with Crippen LogP contribution in [0.5, 0.6) is 0 Å². The highest BCUT2D eigenvalue weighted by molar-refractivity contribution is 5.90. The SMILES string of the molecule is O=C(Nc1ccccc1)N1C=CC=CC1. The van der Waals surface area contributed by atoms with E-state index in [-0.39, 0.29) is 6.03 Å². The number of nitrogens with one attached hydrogen (secondary N) is 1. The Bertz CT molecular complexity index is 395. The van der Waals surface area contributed by atoms with Gasteiger partial charge in [-0.3, -0.25) is 4.90 Å². The van der Waals surface area contributed by atoms with E-state index in [2.05, 4.69) is 5.32 Å². The average molecular weight is 200 g/mol. The molecule has 1 aromatic carbocycles. The molecule has 2 rings (SSSR count). The number of anilines is 1. The Morgan fingerprint density at radius 2 is 2.00 bits per heavy atom. The Morgan fingerprint density at radius 3 is 2.67 bits per heavy atom. The van der Waals surface area contributed by atoms with Gasteiger partial charge in [0.2, 0.25) is 0 Å². The fourth-order valence-corrected chi connectivity index (χ4v) is 1.33. The minimum atomic E-state index is -0.109. The van der Waals surface area contributed by atoms with Crippen LogP contribution in [-0.4, -0.2) is 17.5 Å². The van der Waals surface area contributed by atoms with E-state index in [1.54, 1.807) is 11.1 Å². The van der Waals surface area contributed by atoms with Crippen molar-refractivity contribution in [2.45, 2.75) is 0 Å². The first-order chi connectivity index (χ1) is 7.36. The third-order valence-corrected chi connectivity index (χ3v) is 2.10. The minimum absolute atomic E-state index is 0.109. The Labute approximate surface area is 88.7 Å². The van der Waals surface area contributed by atoms with Crippen LogP contribution < -0.4 is 5.32 Å². The van der Waals surface area contributed by atoms with E-state index in [1.807, 2.05) is 48.6 Å². The van der Waals surface area contributed by atoms with Crippen LogP contribution in [0.3, 0.4) is 0 Å². The quantitative estimate of drug-likeness (QED) is 0.742. The molecule has 1 heterocycles. The number of para-hydroxylation sites is 1. The molecule has 0 aromatic heterocycles. The van der Waals surface area contributed by atoms with E-state index in [1.165, 1.54) is 0 Å². The number of benzene rings is 1. The largest absolute Gasteiger partial charge is 0.326 e. The fraction of sp³-hybridized carbons (Fsp3) is 0.0833. The molecule has 15 heavy (non-hydrogen) atoms. The third-order valence-electron chi connectivity index (χ3n) is 2.10. The van der Waals surface area contributed by atoms with Crippen LogP contribution in [0.25, 0.3) is 0 Å². The summed E-state index contributed by atoms with van der Waals surface area (Å²) in [4.78, 5) is 13.3. The summed E-state index contributed by atoms with van der Waals surface area (Å²) in [7, 11) is 0. The number of carbonyl (C=O) groups is 1. The van der Waals surface area contributed by atoms with Crippen molar-refractivity contribution in [3.8, 4) is 0 Å². The molecule has 0 bridgehead atoms. The molecule has 3 heteroatoms. The highest BCUT2D eigenvalue weighted by atomic mass is 16.2. The molecule has 0 fully saturated rings. The van der Waals surface area contributed by atoms with Crippen molar-refractivity contribution in [3.05, 3.63) is 54.8 Å². The maximum Gasteiger partial charge on any atom is 0.326 e. The molecule has 2 amide bonds. The summed E-state index contributed by atoms with van der Waals surface area (Å²) in [5, 5.41) is 2.81. The highest BCUT2D eigenvalue weighted by Crippen LogP contribution is 2.07. The number of allylic oxidation sites excluding steroid dienone is 2. The van der Waals surface area contributed by atoms with Gasteiger partial charge in [-0.15, -0.1) is 0 Å². The second-order valence-electron chi connectivity index (χ2n) is 3.22. The average Bonchev–Trinajstić information content (AvgIpc) is 2.31. The smallest absolute Gasteiger partial charge is 0.308 e. The molecule has 1 aliphatic heterocycles. The standard InChI is InChI=1S/C12H12N2O/c15-12(14-9-5-2-6-10-14)13-11-7-3-1-4-8-11/h1-9H,10H2,(H,13,15). The maximum atomic E-state index is 11.7. The lowest BCUT2D eigenvalue weighted by Crippen LogP contribution is -2.31. The number of urea groups is 1. The van der Waals surface area contributed by atoms with Gasteiger partial charge in [-0.05, 0) is 18.2 Å². The first-order valence-corrected chi connectivity index (χ1v) is 4.82. The molecule has 3 nitrogen and oxygen atoms in total. The molecular weight excluding hydrogens is 188 g/mol. The molecule has 0 saturated heterocycles. The molecular formula is C12H12N2O. The van der Waals surface area contributed by atoms with Gasteiger partial charge in [-0.25, -0.2) is 4.79 Å². The van der Waals surface area contributed by atoms with Crippen LogP contribution in [0, 0.1) is 0 Å². The highest BCUT2D eigenvalue weighted by Gasteiger charge is 2.09. The number of amides is 2. The number of carbonyl (C=O) groups excluding carboxylic acids is 1. The van der Waals surface area contributed by atoms with E-state index < -0.39 is 0 Å². The normalized spacial score (nSPS) is 14.0. The summed E-state index contributed by atoms with van der Waals surface area (Å²) in [5.74, 6) is 0. The van der Waals surface area contributed by atoms with Crippen molar-refractivity contribution in [2.75, 3.05) is 11.9 Å². The van der Waals surface area contributed by atoms with E-state index in [4.69, 9.17) is 0 Å². The van der Waals surface area contributed by atoms with E-state index >= 15 is 0 Å². The predicted octanol–water partition coefficient (Wildman–Crippen LogP) is 2.60. The second kappa shape index (κ2) is 4.46. The number of hydrogen-bond donors (Lipinski definition) is 1. The first kappa shape index (κ1) is 9.52. The van der Waals surface area contributed by atoms with E-state index in [0.717, 1.165) is 5.69 Å². The van der Waals surface area contributed by atoms with Crippen LogP contribution in [0.4, 0.5) is 10.5 Å². The summed E-state index contributed by atoms with van der Waals surface area (Å²) in [6.45, 7) is 0.620. The zero-order chi connectivity index (χ0) is 10.5. The van der Waals surface area contributed by atoms with Gasteiger partial charge in [-0.2, -0.15) is 0 Å². The van der Waals surface area contributed by atoms with Crippen molar-refractivity contribution in [2.24, 2.45) is 0 Å². The first-order valence-electron chi connectivity index (χ1n) is 4.82. The molecule has 76 valence electrons. The van der Waals surface area contributed by atoms with Crippen molar-refractivity contribution >= 4 is 11.7 Å². The summed E-state index contributed by atoms with van der Waals surface area (Å²) in [5.41, 5.74) is 0.811. The van der Waals surface area contributed by atoms with Gasteiger partial charge in [0.05, 0.1) is 0 Å². The number of rotatable bonds is 1. The number of hydrogen-bond acceptors (Lipinski definition) is 1. The molecule has 1 N–H and O–H groups in total. The molecule has 0 aliphatic carbocycles.